The first kappa shape index (κ1) is 23.2. The number of rotatable bonds is 7. The van der Waals surface area contributed by atoms with Gasteiger partial charge in [-0.2, -0.15) is 0 Å². The minimum atomic E-state index is -0.500. The summed E-state index contributed by atoms with van der Waals surface area (Å²) < 4.78 is 1.61. The molecule has 0 radical (unpaired) electrons. The summed E-state index contributed by atoms with van der Waals surface area (Å²) in [6, 6.07) is 22.4. The van der Waals surface area contributed by atoms with Gasteiger partial charge in [0.1, 0.15) is 0 Å². The highest BCUT2D eigenvalue weighted by Gasteiger charge is 2.34. The molecule has 5 rings (SSSR count). The molecule has 10 heteroatoms. The van der Waals surface area contributed by atoms with E-state index < -0.39 is 11.8 Å². The van der Waals surface area contributed by atoms with E-state index in [1.54, 1.807) is 35.3 Å². The second-order valence-electron chi connectivity index (χ2n) is 7.75. The van der Waals surface area contributed by atoms with Gasteiger partial charge < -0.3 is 5.32 Å². The zero-order valence-corrected chi connectivity index (χ0v) is 19.8. The molecule has 2 aromatic heterocycles. The average Bonchev–Trinajstić information content (AvgIpc) is 3.48. The molecule has 0 bridgehead atoms. The van der Waals surface area contributed by atoms with Crippen molar-refractivity contribution >= 4 is 34.9 Å². The van der Waals surface area contributed by atoms with E-state index in [4.69, 9.17) is 0 Å². The Balaban J connectivity index is 1.28. The second-order valence-corrected chi connectivity index (χ2v) is 8.74. The van der Waals surface area contributed by atoms with E-state index in [0.29, 0.717) is 10.7 Å². The molecule has 178 valence electrons. The van der Waals surface area contributed by atoms with Crippen LogP contribution in [0.15, 0.2) is 90.1 Å². The molecule has 4 aromatic rings. The third kappa shape index (κ3) is 4.93. The molecule has 3 amide bonds. The smallest absolute Gasteiger partial charge is 0.293 e. The van der Waals surface area contributed by atoms with Gasteiger partial charge in [0.05, 0.1) is 10.6 Å². The van der Waals surface area contributed by atoms with Gasteiger partial charge >= 0.3 is 0 Å². The molecule has 1 N–H and O–H groups in total. The van der Waals surface area contributed by atoms with Crippen molar-refractivity contribution in [2.24, 2.45) is 0 Å². The predicted octanol–water partition coefficient (Wildman–Crippen LogP) is 3.80. The van der Waals surface area contributed by atoms with Gasteiger partial charge in [-0.05, 0) is 41.6 Å². The van der Waals surface area contributed by atoms with Crippen molar-refractivity contribution in [3.8, 4) is 17.1 Å². The molecular formula is C26H20N6O3S. The lowest BCUT2D eigenvalue weighted by Crippen LogP contribution is -2.37. The van der Waals surface area contributed by atoms with E-state index in [-0.39, 0.29) is 24.2 Å². The number of carbonyl (C=O) groups is 3. The van der Waals surface area contributed by atoms with Gasteiger partial charge in [-0.3, -0.25) is 24.3 Å². The number of imide groups is 1. The summed E-state index contributed by atoms with van der Waals surface area (Å²) in [5.74, 6) is -0.387. The number of hydrogen-bond donors (Lipinski definition) is 1. The fourth-order valence-electron chi connectivity index (χ4n) is 3.60. The molecule has 0 atom stereocenters. The van der Waals surface area contributed by atoms with Crippen LogP contribution in [0.2, 0.25) is 0 Å². The van der Waals surface area contributed by atoms with Crippen molar-refractivity contribution in [3.05, 3.63) is 101 Å². The molecule has 1 fully saturated rings. The van der Waals surface area contributed by atoms with Crippen LogP contribution in [0.25, 0.3) is 23.2 Å². The molecule has 0 saturated carbocycles. The zero-order chi connectivity index (χ0) is 24.9. The normalized spacial score (nSPS) is 14.4. The lowest BCUT2D eigenvalue weighted by molar-refractivity contribution is -0.122. The Morgan fingerprint density at radius 2 is 1.72 bits per heavy atom. The molecule has 2 aromatic carbocycles. The summed E-state index contributed by atoms with van der Waals surface area (Å²) >= 11 is 0.862. The van der Waals surface area contributed by atoms with Crippen molar-refractivity contribution in [1.82, 2.24) is 30.0 Å². The van der Waals surface area contributed by atoms with Crippen molar-refractivity contribution in [2.75, 3.05) is 13.1 Å². The van der Waals surface area contributed by atoms with Gasteiger partial charge in [0.2, 0.25) is 5.82 Å². The first-order valence-electron chi connectivity index (χ1n) is 11.1. The maximum Gasteiger partial charge on any atom is 0.293 e. The highest BCUT2D eigenvalue weighted by molar-refractivity contribution is 8.18. The summed E-state index contributed by atoms with van der Waals surface area (Å²) in [5, 5.41) is 6.75. The van der Waals surface area contributed by atoms with Crippen LogP contribution in [0.3, 0.4) is 0 Å². The highest BCUT2D eigenvalue weighted by Crippen LogP contribution is 2.31. The monoisotopic (exact) mass is 496 g/mol. The molecule has 1 saturated heterocycles. The number of pyridine rings is 1. The summed E-state index contributed by atoms with van der Waals surface area (Å²) in [7, 11) is 0. The fourth-order valence-corrected chi connectivity index (χ4v) is 4.46. The Labute approximate surface area is 210 Å². The van der Waals surface area contributed by atoms with Gasteiger partial charge in [0, 0.05) is 31.0 Å². The zero-order valence-electron chi connectivity index (χ0n) is 18.9. The maximum atomic E-state index is 12.9. The molecule has 3 heterocycles. The third-order valence-corrected chi connectivity index (χ3v) is 6.23. The number of carbonyl (C=O) groups excluding carboxylic acids is 3. The van der Waals surface area contributed by atoms with Crippen molar-refractivity contribution in [2.45, 2.75) is 0 Å². The quantitative estimate of drug-likeness (QED) is 0.388. The van der Waals surface area contributed by atoms with Gasteiger partial charge in [0.15, 0.2) is 5.82 Å². The standard InChI is InChI=1S/C26H20N6O3S/c33-24(28-14-15-31-25(34)21(36-26(31)35)16-18-8-7-13-27-17-18)22-29-23(19-9-3-1-4-10-19)32(30-22)20-11-5-2-6-12-20/h1-13,16-17H,14-15H2,(H,28,33)/b21-16+. The third-order valence-electron chi connectivity index (χ3n) is 5.32. The van der Waals surface area contributed by atoms with E-state index in [9.17, 15) is 14.4 Å². The number of aromatic nitrogens is 4. The molecule has 36 heavy (non-hydrogen) atoms. The van der Waals surface area contributed by atoms with Gasteiger partial charge in [-0.1, -0.05) is 54.6 Å². The first-order chi connectivity index (χ1) is 17.6. The number of amides is 3. The van der Waals surface area contributed by atoms with Crippen LogP contribution in [0.4, 0.5) is 4.79 Å². The summed E-state index contributed by atoms with van der Waals surface area (Å²) in [5.41, 5.74) is 2.30. The number of para-hydroxylation sites is 1. The number of hydrogen-bond acceptors (Lipinski definition) is 7. The molecule has 1 aliphatic rings. The lowest BCUT2D eigenvalue weighted by atomic mass is 10.2. The van der Waals surface area contributed by atoms with E-state index in [1.165, 1.54) is 0 Å². The number of benzene rings is 2. The van der Waals surface area contributed by atoms with Crippen LogP contribution in [-0.4, -0.2) is 54.8 Å². The van der Waals surface area contributed by atoms with E-state index in [0.717, 1.165) is 33.5 Å². The van der Waals surface area contributed by atoms with Crippen LogP contribution >= 0.6 is 11.8 Å². The Bertz CT molecular complexity index is 1380. The maximum absolute atomic E-state index is 12.9. The first-order valence-corrected chi connectivity index (χ1v) is 11.9. The SMILES string of the molecule is O=C(NCCN1C(=O)S/C(=C/c2cccnc2)C1=O)c1nc(-c2ccccc2)n(-c2ccccc2)n1. The summed E-state index contributed by atoms with van der Waals surface area (Å²) in [6.45, 7) is 0.101. The highest BCUT2D eigenvalue weighted by atomic mass is 32.2. The molecule has 0 unspecified atom stereocenters. The van der Waals surface area contributed by atoms with Crippen LogP contribution in [0.1, 0.15) is 16.2 Å². The molecule has 0 aliphatic carbocycles. The Morgan fingerprint density at radius 1 is 0.972 bits per heavy atom. The van der Waals surface area contributed by atoms with Crippen molar-refractivity contribution in [1.29, 1.82) is 0 Å². The van der Waals surface area contributed by atoms with Gasteiger partial charge in [-0.25, -0.2) is 9.67 Å². The minimum absolute atomic E-state index is 0.0108. The predicted molar refractivity (Wildman–Crippen MR) is 136 cm³/mol. The van der Waals surface area contributed by atoms with Crippen molar-refractivity contribution < 1.29 is 14.4 Å². The Morgan fingerprint density at radius 3 is 2.44 bits per heavy atom. The van der Waals surface area contributed by atoms with Crippen LogP contribution < -0.4 is 5.32 Å². The van der Waals surface area contributed by atoms with E-state index >= 15 is 0 Å². The van der Waals surface area contributed by atoms with E-state index in [2.05, 4.69) is 20.4 Å². The van der Waals surface area contributed by atoms with Crippen LogP contribution in [0.5, 0.6) is 0 Å². The molecule has 9 nitrogen and oxygen atoms in total. The summed E-state index contributed by atoms with van der Waals surface area (Å²) in [4.78, 5) is 47.8. The fraction of sp³-hybridized carbons (Fsp3) is 0.0769. The van der Waals surface area contributed by atoms with Crippen LogP contribution in [0, 0.1) is 0 Å². The average molecular weight is 497 g/mol. The number of nitrogens with one attached hydrogen (secondary N) is 1. The Hall–Kier alpha value is -4.57. The number of nitrogens with zero attached hydrogens (tertiary/aromatic N) is 5. The molecule has 0 spiro atoms. The second kappa shape index (κ2) is 10.4. The van der Waals surface area contributed by atoms with E-state index in [1.807, 2.05) is 60.7 Å². The lowest BCUT2D eigenvalue weighted by Gasteiger charge is -2.12. The summed E-state index contributed by atoms with van der Waals surface area (Å²) in [6.07, 6.45) is 4.87. The van der Waals surface area contributed by atoms with Gasteiger partial charge in [-0.15, -0.1) is 5.10 Å². The molecular weight excluding hydrogens is 476 g/mol. The Kier molecular flexibility index (Phi) is 6.67. The van der Waals surface area contributed by atoms with Gasteiger partial charge in [0.25, 0.3) is 17.1 Å². The minimum Gasteiger partial charge on any atom is -0.347 e. The van der Waals surface area contributed by atoms with Crippen molar-refractivity contribution in [3.63, 3.8) is 0 Å². The topological polar surface area (TPSA) is 110 Å². The van der Waals surface area contributed by atoms with Crippen LogP contribution in [-0.2, 0) is 4.79 Å². The molecule has 1 aliphatic heterocycles. The number of thioether (sulfide) groups is 1. The largest absolute Gasteiger partial charge is 0.347 e.